The van der Waals surface area contributed by atoms with E-state index in [1.165, 1.54) is 6.92 Å². The van der Waals surface area contributed by atoms with Crippen LogP contribution in [0.4, 0.5) is 0 Å². The third kappa shape index (κ3) is 2.09. The fourth-order valence-corrected chi connectivity index (χ4v) is 6.84. The molecule has 6 heteroatoms. The van der Waals surface area contributed by atoms with Gasteiger partial charge in [0.15, 0.2) is 5.78 Å². The summed E-state index contributed by atoms with van der Waals surface area (Å²) in [5.74, 6) is -2.71. The molecule has 6 nitrogen and oxygen atoms in total. The molecule has 154 valence electrons. The highest BCUT2D eigenvalue weighted by Crippen LogP contribution is 2.76. The van der Waals surface area contributed by atoms with Crippen LogP contribution in [0.3, 0.4) is 0 Å². The van der Waals surface area contributed by atoms with E-state index in [1.807, 2.05) is 26.0 Å². The molecule has 0 amide bonds. The number of hydrogen-bond donors (Lipinski definition) is 3. The van der Waals surface area contributed by atoms with Gasteiger partial charge in [0.1, 0.15) is 5.60 Å². The Morgan fingerprint density at radius 3 is 2.50 bits per heavy atom. The highest BCUT2D eigenvalue weighted by atomic mass is 16.6. The lowest BCUT2D eigenvalue weighted by Crippen LogP contribution is -2.62. The van der Waals surface area contributed by atoms with Gasteiger partial charge in [0.05, 0.1) is 18.3 Å². The van der Waals surface area contributed by atoms with Crippen LogP contribution in [-0.4, -0.2) is 51.0 Å². The number of ketones is 1. The van der Waals surface area contributed by atoms with Crippen molar-refractivity contribution in [1.82, 2.24) is 0 Å². The summed E-state index contributed by atoms with van der Waals surface area (Å²) >= 11 is 0. The second kappa shape index (κ2) is 5.77. The maximum atomic E-state index is 12.8. The molecular formula is C22H30O6. The van der Waals surface area contributed by atoms with Crippen molar-refractivity contribution < 1.29 is 29.6 Å². The average molecular weight is 390 g/mol. The minimum Gasteiger partial charge on any atom is -0.456 e. The van der Waals surface area contributed by atoms with Crippen LogP contribution in [0.15, 0.2) is 23.3 Å². The summed E-state index contributed by atoms with van der Waals surface area (Å²) in [5.41, 5.74) is -1.64. The van der Waals surface area contributed by atoms with Gasteiger partial charge < -0.3 is 20.1 Å². The average Bonchev–Trinajstić information content (AvgIpc) is 3.01. The number of aliphatic hydroxyl groups is 3. The van der Waals surface area contributed by atoms with Crippen molar-refractivity contribution in [1.29, 1.82) is 0 Å². The van der Waals surface area contributed by atoms with Gasteiger partial charge in [-0.05, 0) is 24.5 Å². The zero-order valence-corrected chi connectivity index (χ0v) is 17.1. The lowest BCUT2D eigenvalue weighted by Gasteiger charge is -2.51. The van der Waals surface area contributed by atoms with Gasteiger partial charge >= 0.3 is 5.97 Å². The molecule has 2 fully saturated rings. The van der Waals surface area contributed by atoms with Crippen LogP contribution >= 0.6 is 0 Å². The lowest BCUT2D eigenvalue weighted by molar-refractivity contribution is -0.207. The standard InChI is InChI=1S/C22H30O6/c1-10-6-15-14(17(10)25)7-13(9-23)8-16-18-20(4,5)22(18,28-12(3)24)19(26)11(2)21(15,16)27/h6,8,11,14-16,18-19,23,26-27H,7,9H2,1-5H3/t11-,14+,15-,16+,18-,19-,21+,22-/m1/s1. The Hall–Kier alpha value is -1.50. The van der Waals surface area contributed by atoms with Crippen LogP contribution in [0.1, 0.15) is 41.0 Å². The van der Waals surface area contributed by atoms with E-state index in [0.29, 0.717) is 12.0 Å². The quantitative estimate of drug-likeness (QED) is 0.486. The number of esters is 1. The van der Waals surface area contributed by atoms with Crippen LogP contribution in [0.2, 0.25) is 0 Å². The predicted molar refractivity (Wildman–Crippen MR) is 101 cm³/mol. The molecule has 3 N–H and O–H groups in total. The van der Waals surface area contributed by atoms with Crippen molar-refractivity contribution >= 4 is 11.8 Å². The molecule has 0 radical (unpaired) electrons. The molecule has 4 aliphatic carbocycles. The Morgan fingerprint density at radius 1 is 1.29 bits per heavy atom. The summed E-state index contributed by atoms with van der Waals surface area (Å²) in [7, 11) is 0. The molecule has 0 spiro atoms. The van der Waals surface area contributed by atoms with Gasteiger partial charge in [0.2, 0.25) is 0 Å². The van der Waals surface area contributed by atoms with Crippen LogP contribution in [0.25, 0.3) is 0 Å². The molecule has 0 saturated heterocycles. The number of carbonyl (C=O) groups is 2. The Bertz CT molecular complexity index is 810. The van der Waals surface area contributed by atoms with Crippen molar-refractivity contribution in [2.75, 3.05) is 6.61 Å². The van der Waals surface area contributed by atoms with Crippen LogP contribution < -0.4 is 0 Å². The number of rotatable bonds is 2. The molecule has 0 aromatic rings. The van der Waals surface area contributed by atoms with Crippen molar-refractivity contribution in [2.24, 2.45) is 35.0 Å². The van der Waals surface area contributed by atoms with Crippen molar-refractivity contribution in [2.45, 2.75) is 58.3 Å². The van der Waals surface area contributed by atoms with Crippen LogP contribution in [-0.2, 0) is 14.3 Å². The first-order valence-corrected chi connectivity index (χ1v) is 10.1. The third-order valence-corrected chi connectivity index (χ3v) is 8.23. The minimum atomic E-state index is -1.36. The van der Waals surface area contributed by atoms with E-state index in [0.717, 1.165) is 5.57 Å². The summed E-state index contributed by atoms with van der Waals surface area (Å²) < 4.78 is 5.73. The van der Waals surface area contributed by atoms with Gasteiger partial charge in [0, 0.05) is 41.9 Å². The molecule has 0 bridgehead atoms. The largest absolute Gasteiger partial charge is 0.456 e. The fraction of sp³-hybridized carbons (Fsp3) is 0.727. The summed E-state index contributed by atoms with van der Waals surface area (Å²) in [4.78, 5) is 24.6. The maximum Gasteiger partial charge on any atom is 0.303 e. The number of hydrogen-bond acceptors (Lipinski definition) is 6. The Balaban J connectivity index is 1.90. The van der Waals surface area contributed by atoms with E-state index in [2.05, 4.69) is 0 Å². The first-order valence-electron chi connectivity index (χ1n) is 10.1. The van der Waals surface area contributed by atoms with Gasteiger partial charge in [-0.15, -0.1) is 0 Å². The number of carbonyl (C=O) groups excluding carboxylic acids is 2. The van der Waals surface area contributed by atoms with Crippen LogP contribution in [0, 0.1) is 35.0 Å². The predicted octanol–water partition coefficient (Wildman–Crippen LogP) is 1.39. The van der Waals surface area contributed by atoms with Gasteiger partial charge in [0.25, 0.3) is 0 Å². The molecular weight excluding hydrogens is 360 g/mol. The van der Waals surface area contributed by atoms with Gasteiger partial charge in [-0.3, -0.25) is 9.59 Å². The summed E-state index contributed by atoms with van der Waals surface area (Å²) in [6.45, 7) is 8.56. The molecule has 8 atom stereocenters. The van der Waals surface area contributed by atoms with E-state index in [1.54, 1.807) is 13.8 Å². The van der Waals surface area contributed by atoms with E-state index >= 15 is 0 Å². The topological polar surface area (TPSA) is 104 Å². The highest BCUT2D eigenvalue weighted by molar-refractivity contribution is 5.99. The first kappa shape index (κ1) is 19.8. The summed E-state index contributed by atoms with van der Waals surface area (Å²) in [5, 5.41) is 33.3. The van der Waals surface area contributed by atoms with E-state index in [9.17, 15) is 24.9 Å². The number of ether oxygens (including phenoxy) is 1. The van der Waals surface area contributed by atoms with Crippen LogP contribution in [0.5, 0.6) is 0 Å². The summed E-state index contributed by atoms with van der Waals surface area (Å²) in [6, 6.07) is 0. The number of aliphatic hydroxyl groups excluding tert-OH is 2. The number of fused-ring (bicyclic) bond motifs is 5. The SMILES string of the molecule is CC(=O)O[C@@]12[C@H](O)[C@@H](C)[C@]3(O)[C@@H]4C=C(C)C(=O)[C@H]4CC(CO)=C[C@H]3[C@@H]1C2(C)C. The van der Waals surface area contributed by atoms with Gasteiger partial charge in [-0.1, -0.05) is 32.9 Å². The molecule has 4 aliphatic rings. The van der Waals surface area contributed by atoms with Gasteiger partial charge in [-0.25, -0.2) is 0 Å². The smallest absolute Gasteiger partial charge is 0.303 e. The first-order chi connectivity index (χ1) is 12.9. The molecule has 0 heterocycles. The second-order valence-corrected chi connectivity index (χ2v) is 9.77. The molecule has 0 aromatic carbocycles. The fourth-order valence-electron chi connectivity index (χ4n) is 6.84. The molecule has 28 heavy (non-hydrogen) atoms. The zero-order valence-electron chi connectivity index (χ0n) is 17.1. The molecule has 0 unspecified atom stereocenters. The molecule has 2 saturated carbocycles. The van der Waals surface area contributed by atoms with Gasteiger partial charge in [-0.2, -0.15) is 0 Å². The minimum absolute atomic E-state index is 0.00741. The molecule has 0 aliphatic heterocycles. The molecule has 4 rings (SSSR count). The maximum absolute atomic E-state index is 12.8. The Morgan fingerprint density at radius 2 is 1.93 bits per heavy atom. The number of Topliss-reactive ketones (excluding diaryl/α,β-unsaturated/α-hetero) is 1. The normalized spacial score (nSPS) is 48.5. The van der Waals surface area contributed by atoms with Crippen molar-refractivity contribution in [3.05, 3.63) is 23.3 Å². The Kier molecular flexibility index (Phi) is 4.08. The Labute approximate surface area is 165 Å². The summed E-state index contributed by atoms with van der Waals surface area (Å²) in [6.07, 6.45) is 3.07. The lowest BCUT2D eigenvalue weighted by atomic mass is 9.60. The highest BCUT2D eigenvalue weighted by Gasteiger charge is 2.86. The third-order valence-electron chi connectivity index (χ3n) is 8.23. The van der Waals surface area contributed by atoms with E-state index in [-0.39, 0.29) is 18.3 Å². The van der Waals surface area contributed by atoms with Crippen molar-refractivity contribution in [3.63, 3.8) is 0 Å². The number of allylic oxidation sites excluding steroid dienone is 1. The second-order valence-electron chi connectivity index (χ2n) is 9.77. The van der Waals surface area contributed by atoms with Crippen molar-refractivity contribution in [3.8, 4) is 0 Å². The van der Waals surface area contributed by atoms with E-state index < -0.39 is 52.4 Å². The van der Waals surface area contributed by atoms with E-state index in [4.69, 9.17) is 4.74 Å². The monoisotopic (exact) mass is 390 g/mol. The zero-order chi connectivity index (χ0) is 20.8. The molecule has 0 aromatic heterocycles.